The van der Waals surface area contributed by atoms with E-state index in [0.717, 1.165) is 5.76 Å². The van der Waals surface area contributed by atoms with E-state index in [-0.39, 0.29) is 11.9 Å². The second-order valence-electron chi connectivity index (χ2n) is 4.29. The molecule has 1 aromatic carbocycles. The molecule has 2 heterocycles. The Labute approximate surface area is 117 Å². The van der Waals surface area contributed by atoms with Crippen molar-refractivity contribution in [2.24, 2.45) is 0 Å². The van der Waals surface area contributed by atoms with Gasteiger partial charge in [0, 0.05) is 6.07 Å². The van der Waals surface area contributed by atoms with Gasteiger partial charge in [0.1, 0.15) is 11.6 Å². The van der Waals surface area contributed by atoms with Gasteiger partial charge in [-0.3, -0.25) is 4.57 Å². The molecule has 0 aliphatic rings. The third-order valence-electron chi connectivity index (χ3n) is 3.10. The Hall–Kier alpha value is -1.82. The number of hydrogen-bond acceptors (Lipinski definition) is 3. The van der Waals surface area contributed by atoms with Crippen molar-refractivity contribution in [2.75, 3.05) is 5.73 Å². The Bertz CT molecular complexity index is 736. The lowest BCUT2D eigenvalue weighted by Gasteiger charge is -2.13. The van der Waals surface area contributed by atoms with E-state index >= 15 is 0 Å². The summed E-state index contributed by atoms with van der Waals surface area (Å²) < 4.78 is 21.2. The number of nitrogens with zero attached hydrogens (tertiary/aromatic N) is 2. The predicted molar refractivity (Wildman–Crippen MR) is 74.3 cm³/mol. The summed E-state index contributed by atoms with van der Waals surface area (Å²) in [6.07, 6.45) is 1.60. The Balaban J connectivity index is 2.23. The van der Waals surface area contributed by atoms with Gasteiger partial charge in [-0.25, -0.2) is 9.37 Å². The van der Waals surface area contributed by atoms with Crippen molar-refractivity contribution in [1.29, 1.82) is 0 Å². The highest BCUT2D eigenvalue weighted by Gasteiger charge is 2.18. The lowest BCUT2D eigenvalue weighted by molar-refractivity contribution is 0.453. The number of halogens is 2. The fraction of sp³-hybridized carbons (Fsp3) is 0.154. The maximum atomic E-state index is 13.7. The molecule has 2 N–H and O–H groups in total. The number of aromatic nitrogens is 2. The van der Waals surface area contributed by atoms with E-state index in [2.05, 4.69) is 20.9 Å². The number of anilines is 1. The van der Waals surface area contributed by atoms with E-state index in [1.165, 1.54) is 6.07 Å². The van der Waals surface area contributed by atoms with Crippen molar-refractivity contribution < 1.29 is 8.81 Å². The van der Waals surface area contributed by atoms with Gasteiger partial charge in [0.05, 0.1) is 27.8 Å². The highest BCUT2D eigenvalue weighted by molar-refractivity contribution is 9.10. The first-order chi connectivity index (χ1) is 9.08. The van der Waals surface area contributed by atoms with Gasteiger partial charge in [-0.2, -0.15) is 0 Å². The fourth-order valence-corrected chi connectivity index (χ4v) is 2.50. The van der Waals surface area contributed by atoms with E-state index in [1.54, 1.807) is 23.0 Å². The zero-order valence-electron chi connectivity index (χ0n) is 10.1. The Morgan fingerprint density at radius 3 is 2.95 bits per heavy atom. The Kier molecular flexibility index (Phi) is 2.82. The second-order valence-corrected chi connectivity index (χ2v) is 5.14. The summed E-state index contributed by atoms with van der Waals surface area (Å²) >= 11 is 3.14. The molecule has 0 aliphatic carbocycles. The van der Waals surface area contributed by atoms with Crippen molar-refractivity contribution in [3.05, 3.63) is 46.6 Å². The standard InChI is InChI=1S/C13H11BrFN3O/c1-7(12-3-2-4-19-12)18-11-6-9(15)8(14)5-10(11)17-13(18)16/h2-7H,1H3,(H2,16,17). The molecule has 0 amide bonds. The smallest absolute Gasteiger partial charge is 0.201 e. The van der Waals surface area contributed by atoms with Crippen LogP contribution in [-0.2, 0) is 0 Å². The maximum absolute atomic E-state index is 13.7. The van der Waals surface area contributed by atoms with Crippen molar-refractivity contribution in [3.8, 4) is 0 Å². The van der Waals surface area contributed by atoms with Gasteiger partial charge in [-0.1, -0.05) is 0 Å². The van der Waals surface area contributed by atoms with Crippen molar-refractivity contribution in [1.82, 2.24) is 9.55 Å². The molecule has 1 unspecified atom stereocenters. The molecular formula is C13H11BrFN3O. The monoisotopic (exact) mass is 323 g/mol. The van der Waals surface area contributed by atoms with Crippen molar-refractivity contribution in [3.63, 3.8) is 0 Å². The number of furan rings is 1. The number of rotatable bonds is 2. The zero-order valence-corrected chi connectivity index (χ0v) is 11.7. The molecule has 0 aliphatic heterocycles. The Morgan fingerprint density at radius 2 is 2.26 bits per heavy atom. The molecule has 98 valence electrons. The van der Waals surface area contributed by atoms with Crippen LogP contribution in [0, 0.1) is 5.82 Å². The van der Waals surface area contributed by atoms with Crippen LogP contribution in [0.1, 0.15) is 18.7 Å². The van der Waals surface area contributed by atoms with E-state index < -0.39 is 0 Å². The lowest BCUT2D eigenvalue weighted by atomic mass is 10.2. The van der Waals surface area contributed by atoms with Crippen molar-refractivity contribution >= 4 is 32.9 Å². The minimum absolute atomic E-state index is 0.152. The summed E-state index contributed by atoms with van der Waals surface area (Å²) in [6.45, 7) is 1.93. The SMILES string of the molecule is CC(c1ccco1)n1c(N)nc2cc(Br)c(F)cc21. The van der Waals surface area contributed by atoms with Gasteiger partial charge in [0.2, 0.25) is 5.95 Å². The number of nitrogens with two attached hydrogens (primary N) is 1. The Morgan fingerprint density at radius 1 is 1.47 bits per heavy atom. The summed E-state index contributed by atoms with van der Waals surface area (Å²) in [4.78, 5) is 4.25. The summed E-state index contributed by atoms with van der Waals surface area (Å²) in [6, 6.07) is 6.54. The van der Waals surface area contributed by atoms with Crippen LogP contribution >= 0.6 is 15.9 Å². The molecule has 6 heteroatoms. The third kappa shape index (κ3) is 1.92. The molecule has 19 heavy (non-hydrogen) atoms. The quantitative estimate of drug-likeness (QED) is 0.781. The second kappa shape index (κ2) is 4.38. The minimum Gasteiger partial charge on any atom is -0.467 e. The van der Waals surface area contributed by atoms with Gasteiger partial charge in [-0.05, 0) is 41.1 Å². The molecule has 1 atom stereocenters. The van der Waals surface area contributed by atoms with Gasteiger partial charge < -0.3 is 10.2 Å². The average molecular weight is 324 g/mol. The molecule has 0 saturated heterocycles. The largest absolute Gasteiger partial charge is 0.467 e. The molecule has 0 saturated carbocycles. The average Bonchev–Trinajstić information content (AvgIpc) is 2.97. The predicted octanol–water partition coefficient (Wildman–Crippen LogP) is 3.72. The molecule has 3 rings (SSSR count). The molecule has 0 spiro atoms. The number of hydrogen-bond donors (Lipinski definition) is 1. The molecule has 4 nitrogen and oxygen atoms in total. The summed E-state index contributed by atoms with van der Waals surface area (Å²) in [5.74, 6) is 0.728. The number of fused-ring (bicyclic) bond motifs is 1. The zero-order chi connectivity index (χ0) is 13.6. The first kappa shape index (κ1) is 12.2. The van der Waals surface area contributed by atoms with Crippen LogP contribution in [0.15, 0.2) is 39.4 Å². The molecule has 0 fully saturated rings. The molecule has 2 aromatic heterocycles. The number of nitrogen functional groups attached to an aromatic ring is 1. The van der Waals surface area contributed by atoms with Crippen LogP contribution in [0.5, 0.6) is 0 Å². The highest BCUT2D eigenvalue weighted by Crippen LogP contribution is 2.30. The maximum Gasteiger partial charge on any atom is 0.201 e. The van der Waals surface area contributed by atoms with E-state index in [4.69, 9.17) is 10.2 Å². The summed E-state index contributed by atoms with van der Waals surface area (Å²) in [5.41, 5.74) is 7.22. The van der Waals surface area contributed by atoms with Crippen LogP contribution in [0.4, 0.5) is 10.3 Å². The first-order valence-corrected chi connectivity index (χ1v) is 6.53. The lowest BCUT2D eigenvalue weighted by Crippen LogP contribution is -2.09. The normalized spacial score (nSPS) is 13.0. The van der Waals surface area contributed by atoms with Crippen LogP contribution < -0.4 is 5.73 Å². The molecule has 3 aromatic rings. The van der Waals surface area contributed by atoms with Gasteiger partial charge in [0.25, 0.3) is 0 Å². The van der Waals surface area contributed by atoms with Gasteiger partial charge >= 0.3 is 0 Å². The first-order valence-electron chi connectivity index (χ1n) is 5.74. The van der Waals surface area contributed by atoms with Crippen LogP contribution in [0.25, 0.3) is 11.0 Å². The highest BCUT2D eigenvalue weighted by atomic mass is 79.9. The minimum atomic E-state index is -0.347. The molecule has 0 radical (unpaired) electrons. The molecule has 0 bridgehead atoms. The van der Waals surface area contributed by atoms with Gasteiger partial charge in [0.15, 0.2) is 0 Å². The van der Waals surface area contributed by atoms with Crippen molar-refractivity contribution in [2.45, 2.75) is 13.0 Å². The number of benzene rings is 1. The van der Waals surface area contributed by atoms with Gasteiger partial charge in [-0.15, -0.1) is 0 Å². The molecular weight excluding hydrogens is 313 g/mol. The number of imidazole rings is 1. The topological polar surface area (TPSA) is 57.0 Å². The van der Waals surface area contributed by atoms with Crippen LogP contribution in [-0.4, -0.2) is 9.55 Å². The van der Waals surface area contributed by atoms with Crippen LogP contribution in [0.3, 0.4) is 0 Å². The summed E-state index contributed by atoms with van der Waals surface area (Å²) in [7, 11) is 0. The van der Waals surface area contributed by atoms with Crippen LogP contribution in [0.2, 0.25) is 0 Å². The van der Waals surface area contributed by atoms with E-state index in [1.807, 2.05) is 13.0 Å². The fourth-order valence-electron chi connectivity index (χ4n) is 2.17. The summed E-state index contributed by atoms with van der Waals surface area (Å²) in [5, 5.41) is 0. The third-order valence-corrected chi connectivity index (χ3v) is 3.71. The van der Waals surface area contributed by atoms with E-state index in [0.29, 0.717) is 21.5 Å². The van der Waals surface area contributed by atoms with E-state index in [9.17, 15) is 4.39 Å².